The van der Waals surface area contributed by atoms with Crippen molar-refractivity contribution in [2.75, 3.05) is 18.0 Å². The summed E-state index contributed by atoms with van der Waals surface area (Å²) < 4.78 is 0. The highest BCUT2D eigenvalue weighted by Crippen LogP contribution is 2.37. The molecule has 2 aliphatic rings. The average molecular weight is 293 g/mol. The summed E-state index contributed by atoms with van der Waals surface area (Å²) in [4.78, 5) is 24.1. The molecule has 0 spiro atoms. The van der Waals surface area contributed by atoms with E-state index in [4.69, 9.17) is 0 Å². The number of aryl methyl sites for hydroxylation is 1. The van der Waals surface area contributed by atoms with Crippen LogP contribution in [0.5, 0.6) is 0 Å². The second-order valence-corrected chi connectivity index (χ2v) is 6.21. The zero-order valence-corrected chi connectivity index (χ0v) is 13.0. The average Bonchev–Trinajstić information content (AvgIpc) is 2.52. The Morgan fingerprint density at radius 2 is 1.82 bits per heavy atom. The molecule has 112 valence electrons. The summed E-state index contributed by atoms with van der Waals surface area (Å²) in [6.07, 6.45) is 5.38. The molecule has 0 radical (unpaired) electrons. The van der Waals surface area contributed by atoms with Gasteiger partial charge in [-0.15, -0.1) is 0 Å². The number of hydrogen-bond donors (Lipinski definition) is 0. The van der Waals surface area contributed by atoms with Gasteiger partial charge in [-0.2, -0.15) is 0 Å². The van der Waals surface area contributed by atoms with Crippen molar-refractivity contribution in [2.45, 2.75) is 33.1 Å². The van der Waals surface area contributed by atoms with Gasteiger partial charge in [0.2, 0.25) is 0 Å². The van der Waals surface area contributed by atoms with E-state index in [1.807, 2.05) is 19.9 Å². The van der Waals surface area contributed by atoms with Gasteiger partial charge in [-0.05, 0) is 56.9 Å². The molecule has 0 N–H and O–H groups in total. The molecule has 4 heteroatoms. The van der Waals surface area contributed by atoms with Crippen molar-refractivity contribution in [3.8, 4) is 0 Å². The Hall–Kier alpha value is -2.23. The number of carbonyl (C=O) groups excluding carboxylic acids is 1. The number of aromatic nitrogens is 2. The third kappa shape index (κ3) is 1.94. The van der Waals surface area contributed by atoms with Gasteiger partial charge in [-0.25, -0.2) is 9.97 Å². The third-order valence-electron chi connectivity index (χ3n) is 4.62. The first-order chi connectivity index (χ1) is 10.6. The predicted octanol–water partition coefficient (Wildman–Crippen LogP) is 3.53. The molecule has 1 aromatic carbocycles. The number of ketones is 1. The van der Waals surface area contributed by atoms with Gasteiger partial charge in [0, 0.05) is 24.2 Å². The van der Waals surface area contributed by atoms with Crippen LogP contribution in [0.15, 0.2) is 18.2 Å². The van der Waals surface area contributed by atoms with Gasteiger partial charge < -0.3 is 4.90 Å². The Morgan fingerprint density at radius 3 is 2.59 bits per heavy atom. The van der Waals surface area contributed by atoms with Crippen LogP contribution < -0.4 is 4.90 Å². The van der Waals surface area contributed by atoms with E-state index in [0.717, 1.165) is 52.3 Å². The molecule has 4 nitrogen and oxygen atoms in total. The summed E-state index contributed by atoms with van der Waals surface area (Å²) in [5, 5.41) is 0.929. The standard InChI is InChI=1S/C18H19N3O/c1-11-10-15(22)17-14(21-8-4-3-5-9-21)7-6-13-16(17)18(11)20-12(2)19-13/h6-7,10H,3-5,8-9H2,1-2H3. The molecular weight excluding hydrogens is 274 g/mol. The second kappa shape index (κ2) is 4.90. The maximum absolute atomic E-state index is 12.7. The molecule has 2 aromatic rings. The van der Waals surface area contributed by atoms with Crippen LogP contribution in [0.4, 0.5) is 5.69 Å². The molecule has 0 unspecified atom stereocenters. The summed E-state index contributed by atoms with van der Waals surface area (Å²) in [6, 6.07) is 4.10. The molecule has 1 saturated heterocycles. The summed E-state index contributed by atoms with van der Waals surface area (Å²) in [5.74, 6) is 0.838. The Morgan fingerprint density at radius 1 is 1.05 bits per heavy atom. The molecule has 1 aromatic heterocycles. The highest BCUT2D eigenvalue weighted by Gasteiger charge is 2.26. The first-order valence-corrected chi connectivity index (χ1v) is 7.94. The predicted molar refractivity (Wildman–Crippen MR) is 88.3 cm³/mol. The Kier molecular flexibility index (Phi) is 2.99. The largest absolute Gasteiger partial charge is 0.371 e. The first kappa shape index (κ1) is 13.4. The number of rotatable bonds is 1. The number of allylic oxidation sites excluding steroid dienone is 2. The molecule has 0 atom stereocenters. The van der Waals surface area contributed by atoms with Crippen molar-refractivity contribution in [1.29, 1.82) is 0 Å². The minimum Gasteiger partial charge on any atom is -0.371 e. The lowest BCUT2D eigenvalue weighted by Gasteiger charge is -2.31. The van der Waals surface area contributed by atoms with E-state index in [0.29, 0.717) is 0 Å². The van der Waals surface area contributed by atoms with E-state index in [2.05, 4.69) is 20.9 Å². The van der Waals surface area contributed by atoms with Crippen LogP contribution in [0.3, 0.4) is 0 Å². The van der Waals surface area contributed by atoms with Crippen LogP contribution in [-0.4, -0.2) is 28.8 Å². The fourth-order valence-corrected chi connectivity index (χ4v) is 3.60. The first-order valence-electron chi connectivity index (χ1n) is 7.94. The van der Waals surface area contributed by atoms with E-state index >= 15 is 0 Å². The minimum absolute atomic E-state index is 0.0867. The Balaban J connectivity index is 2.01. The van der Waals surface area contributed by atoms with Crippen LogP contribution in [0.2, 0.25) is 0 Å². The van der Waals surface area contributed by atoms with Gasteiger partial charge in [-0.3, -0.25) is 4.79 Å². The minimum atomic E-state index is 0.0867. The van der Waals surface area contributed by atoms with Gasteiger partial charge >= 0.3 is 0 Å². The number of carbonyl (C=O) groups is 1. The van der Waals surface area contributed by atoms with Gasteiger partial charge in [0.05, 0.1) is 16.8 Å². The second-order valence-electron chi connectivity index (χ2n) is 6.21. The van der Waals surface area contributed by atoms with Crippen LogP contribution in [0.1, 0.15) is 48.1 Å². The van der Waals surface area contributed by atoms with Crippen molar-refractivity contribution in [3.05, 3.63) is 35.3 Å². The van der Waals surface area contributed by atoms with Crippen LogP contribution >= 0.6 is 0 Å². The maximum atomic E-state index is 12.7. The summed E-state index contributed by atoms with van der Waals surface area (Å²) >= 11 is 0. The molecule has 0 bridgehead atoms. The zero-order chi connectivity index (χ0) is 15.3. The zero-order valence-electron chi connectivity index (χ0n) is 13.0. The van der Waals surface area contributed by atoms with Crippen molar-refractivity contribution in [2.24, 2.45) is 0 Å². The number of anilines is 1. The lowest BCUT2D eigenvalue weighted by molar-refractivity contribution is 0.104. The van der Waals surface area contributed by atoms with E-state index in [1.165, 1.54) is 19.3 Å². The molecule has 0 amide bonds. The number of piperidine rings is 1. The SMILES string of the molecule is CC1=CC(=O)c2c(N3CCCCC3)ccc3nc(C)nc1c23. The molecule has 1 fully saturated rings. The smallest absolute Gasteiger partial charge is 0.189 e. The summed E-state index contributed by atoms with van der Waals surface area (Å²) in [6.45, 7) is 5.90. The van der Waals surface area contributed by atoms with Gasteiger partial charge in [0.1, 0.15) is 5.82 Å². The van der Waals surface area contributed by atoms with Gasteiger partial charge in [-0.1, -0.05) is 0 Å². The van der Waals surface area contributed by atoms with Crippen molar-refractivity contribution < 1.29 is 4.79 Å². The van der Waals surface area contributed by atoms with E-state index in [1.54, 1.807) is 6.08 Å². The molecule has 4 rings (SSSR count). The normalized spacial score (nSPS) is 17.8. The lowest BCUT2D eigenvalue weighted by Crippen LogP contribution is -2.31. The van der Waals surface area contributed by atoms with E-state index in [-0.39, 0.29) is 5.78 Å². The monoisotopic (exact) mass is 293 g/mol. The van der Waals surface area contributed by atoms with Crippen LogP contribution in [0, 0.1) is 6.92 Å². The maximum Gasteiger partial charge on any atom is 0.189 e. The third-order valence-corrected chi connectivity index (χ3v) is 4.62. The van der Waals surface area contributed by atoms with Crippen molar-refractivity contribution in [1.82, 2.24) is 9.97 Å². The highest BCUT2D eigenvalue weighted by atomic mass is 16.1. The Bertz CT molecular complexity index is 817. The molecule has 2 heterocycles. The van der Waals surface area contributed by atoms with Gasteiger partial charge in [0.25, 0.3) is 0 Å². The van der Waals surface area contributed by atoms with Gasteiger partial charge in [0.15, 0.2) is 5.78 Å². The summed E-state index contributed by atoms with van der Waals surface area (Å²) in [5.41, 5.74) is 4.56. The molecule has 1 aliphatic heterocycles. The van der Waals surface area contributed by atoms with E-state index in [9.17, 15) is 4.79 Å². The van der Waals surface area contributed by atoms with Crippen LogP contribution in [-0.2, 0) is 0 Å². The number of hydrogen-bond acceptors (Lipinski definition) is 4. The van der Waals surface area contributed by atoms with E-state index < -0.39 is 0 Å². The summed E-state index contributed by atoms with van der Waals surface area (Å²) in [7, 11) is 0. The van der Waals surface area contributed by atoms with Crippen molar-refractivity contribution in [3.63, 3.8) is 0 Å². The lowest BCUT2D eigenvalue weighted by atomic mass is 9.91. The topological polar surface area (TPSA) is 46.1 Å². The van der Waals surface area contributed by atoms with Crippen molar-refractivity contribution >= 4 is 27.9 Å². The molecule has 0 saturated carbocycles. The van der Waals surface area contributed by atoms with Crippen LogP contribution in [0.25, 0.3) is 16.5 Å². The molecule has 22 heavy (non-hydrogen) atoms. The quantitative estimate of drug-likeness (QED) is 0.807. The molecular formula is C18H19N3O. The molecule has 1 aliphatic carbocycles. The fourth-order valence-electron chi connectivity index (χ4n) is 3.60. The Labute approximate surface area is 129 Å². The number of nitrogens with zero attached hydrogens (tertiary/aromatic N) is 3. The number of benzene rings is 1. The fraction of sp³-hybridized carbons (Fsp3) is 0.389. The highest BCUT2D eigenvalue weighted by molar-refractivity contribution is 6.23.